The molecule has 0 aromatic heterocycles. The average molecular weight is 392 g/mol. The number of piperidine rings is 1. The SMILES string of the molecule is CC(CCCN[C@H]1CNCCC1C=O)Nc1cc(Cl)cc(C(F)(F)F)c1. The Morgan fingerprint density at radius 2 is 2.15 bits per heavy atom. The van der Waals surface area contributed by atoms with Crippen molar-refractivity contribution in [3.8, 4) is 0 Å². The van der Waals surface area contributed by atoms with Crippen LogP contribution < -0.4 is 16.0 Å². The van der Waals surface area contributed by atoms with Crippen molar-refractivity contribution in [2.24, 2.45) is 5.92 Å². The van der Waals surface area contributed by atoms with Gasteiger partial charge in [-0.3, -0.25) is 0 Å². The maximum atomic E-state index is 12.8. The van der Waals surface area contributed by atoms with E-state index in [1.54, 1.807) is 0 Å². The highest BCUT2D eigenvalue weighted by Gasteiger charge is 2.31. The summed E-state index contributed by atoms with van der Waals surface area (Å²) in [7, 11) is 0. The number of halogens is 4. The zero-order valence-corrected chi connectivity index (χ0v) is 15.5. The highest BCUT2D eigenvalue weighted by atomic mass is 35.5. The molecule has 8 heteroatoms. The summed E-state index contributed by atoms with van der Waals surface area (Å²) in [4.78, 5) is 11.1. The number of alkyl halides is 3. The van der Waals surface area contributed by atoms with Gasteiger partial charge in [-0.05, 0) is 57.5 Å². The molecule has 0 amide bonds. The first kappa shape index (κ1) is 21.0. The van der Waals surface area contributed by atoms with E-state index in [-0.39, 0.29) is 23.0 Å². The molecule has 26 heavy (non-hydrogen) atoms. The maximum absolute atomic E-state index is 12.8. The van der Waals surface area contributed by atoms with Gasteiger partial charge in [-0.1, -0.05) is 11.6 Å². The van der Waals surface area contributed by atoms with Crippen molar-refractivity contribution < 1.29 is 18.0 Å². The fourth-order valence-electron chi connectivity index (χ4n) is 3.15. The average Bonchev–Trinajstić information content (AvgIpc) is 2.57. The van der Waals surface area contributed by atoms with Gasteiger partial charge in [0.05, 0.1) is 5.56 Å². The third-order valence-corrected chi connectivity index (χ3v) is 4.79. The molecule has 1 aliphatic rings. The third-order valence-electron chi connectivity index (χ3n) is 4.57. The number of anilines is 1. The molecule has 146 valence electrons. The zero-order chi connectivity index (χ0) is 19.2. The van der Waals surface area contributed by atoms with Crippen molar-refractivity contribution in [1.29, 1.82) is 0 Å². The Hall–Kier alpha value is -1.31. The van der Waals surface area contributed by atoms with Crippen LogP contribution in [0, 0.1) is 5.92 Å². The van der Waals surface area contributed by atoms with Crippen molar-refractivity contribution in [3.63, 3.8) is 0 Å². The van der Waals surface area contributed by atoms with Gasteiger partial charge in [0.2, 0.25) is 0 Å². The normalized spacial score (nSPS) is 22.0. The molecule has 0 bridgehead atoms. The molecule has 0 aliphatic carbocycles. The van der Waals surface area contributed by atoms with Gasteiger partial charge in [-0.25, -0.2) is 0 Å². The van der Waals surface area contributed by atoms with Gasteiger partial charge in [-0.15, -0.1) is 0 Å². The second-order valence-corrected chi connectivity index (χ2v) is 7.20. The molecule has 4 nitrogen and oxygen atoms in total. The van der Waals surface area contributed by atoms with Gasteiger partial charge in [0.1, 0.15) is 6.29 Å². The Morgan fingerprint density at radius 3 is 2.85 bits per heavy atom. The lowest BCUT2D eigenvalue weighted by molar-refractivity contribution is -0.137. The smallest absolute Gasteiger partial charge is 0.383 e. The Morgan fingerprint density at radius 1 is 1.38 bits per heavy atom. The standard InChI is InChI=1S/C18H25ClF3N3O/c1-12(3-2-5-24-17-10-23-6-4-13(17)11-26)25-16-8-14(18(20,21)22)7-15(19)9-16/h7-9,11-13,17,23-25H,2-6,10H2,1H3/t12?,13?,17-/m0/s1. The minimum Gasteiger partial charge on any atom is -0.383 e. The molecule has 2 rings (SSSR count). The van der Waals surface area contributed by atoms with Crippen LogP contribution in [-0.4, -0.2) is 38.0 Å². The third kappa shape index (κ3) is 6.45. The summed E-state index contributed by atoms with van der Waals surface area (Å²) >= 11 is 5.80. The maximum Gasteiger partial charge on any atom is 0.416 e. The van der Waals surface area contributed by atoms with E-state index in [9.17, 15) is 18.0 Å². The zero-order valence-electron chi connectivity index (χ0n) is 14.7. The first-order valence-electron chi connectivity index (χ1n) is 8.83. The molecule has 1 saturated heterocycles. The molecule has 1 heterocycles. The van der Waals surface area contributed by atoms with E-state index >= 15 is 0 Å². The summed E-state index contributed by atoms with van der Waals surface area (Å²) in [6.45, 7) is 4.32. The van der Waals surface area contributed by atoms with E-state index in [1.165, 1.54) is 6.07 Å². The predicted octanol–water partition coefficient (Wildman–Crippen LogP) is 3.71. The number of carbonyl (C=O) groups excluding carboxylic acids is 1. The fraction of sp³-hybridized carbons (Fsp3) is 0.611. The summed E-state index contributed by atoms with van der Waals surface area (Å²) in [6.07, 6.45) is -0.928. The monoisotopic (exact) mass is 391 g/mol. The molecule has 1 aromatic rings. The molecule has 1 aliphatic heterocycles. The number of rotatable bonds is 8. The van der Waals surface area contributed by atoms with Crippen LogP contribution in [0.4, 0.5) is 18.9 Å². The number of nitrogens with one attached hydrogen (secondary N) is 3. The van der Waals surface area contributed by atoms with Gasteiger partial charge >= 0.3 is 6.18 Å². The summed E-state index contributed by atoms with van der Waals surface area (Å²) < 4.78 is 38.5. The van der Waals surface area contributed by atoms with E-state index in [2.05, 4.69) is 16.0 Å². The van der Waals surface area contributed by atoms with Crippen LogP contribution in [0.1, 0.15) is 31.7 Å². The van der Waals surface area contributed by atoms with Crippen LogP contribution in [0.15, 0.2) is 18.2 Å². The van der Waals surface area contributed by atoms with Crippen molar-refractivity contribution in [2.45, 2.75) is 44.4 Å². The topological polar surface area (TPSA) is 53.2 Å². The van der Waals surface area contributed by atoms with Crippen molar-refractivity contribution >= 4 is 23.6 Å². The minimum atomic E-state index is -4.42. The molecule has 3 N–H and O–H groups in total. The summed E-state index contributed by atoms with van der Waals surface area (Å²) in [5.74, 6) is 0.0408. The highest BCUT2D eigenvalue weighted by Crippen LogP contribution is 2.33. The minimum absolute atomic E-state index is 0.00250. The van der Waals surface area contributed by atoms with Crippen molar-refractivity contribution in [2.75, 3.05) is 25.0 Å². The molecular formula is C18H25ClF3N3O. The lowest BCUT2D eigenvalue weighted by Crippen LogP contribution is -2.49. The van der Waals surface area contributed by atoms with E-state index in [1.807, 2.05) is 6.92 Å². The molecule has 0 saturated carbocycles. The van der Waals surface area contributed by atoms with E-state index in [0.29, 0.717) is 5.69 Å². The quantitative estimate of drug-likeness (QED) is 0.467. The van der Waals surface area contributed by atoms with Gasteiger partial charge < -0.3 is 20.7 Å². The van der Waals surface area contributed by atoms with Crippen LogP contribution in [0.2, 0.25) is 5.02 Å². The van der Waals surface area contributed by atoms with Crippen LogP contribution in [0.3, 0.4) is 0 Å². The van der Waals surface area contributed by atoms with Crippen LogP contribution in [0.5, 0.6) is 0 Å². The van der Waals surface area contributed by atoms with Crippen LogP contribution in [0.25, 0.3) is 0 Å². The lowest BCUT2D eigenvalue weighted by atomic mass is 9.94. The fourth-order valence-corrected chi connectivity index (χ4v) is 3.39. The predicted molar refractivity (Wildman–Crippen MR) is 97.6 cm³/mol. The first-order chi connectivity index (χ1) is 12.3. The molecule has 0 spiro atoms. The number of aldehydes is 1. The molecule has 0 radical (unpaired) electrons. The van der Waals surface area contributed by atoms with Gasteiger partial charge in [0, 0.05) is 35.3 Å². The molecular weight excluding hydrogens is 367 g/mol. The van der Waals surface area contributed by atoms with E-state index in [4.69, 9.17) is 11.6 Å². The first-order valence-corrected chi connectivity index (χ1v) is 9.21. The Labute approximate surface area is 156 Å². The Bertz CT molecular complexity index is 598. The van der Waals surface area contributed by atoms with Gasteiger partial charge in [0.15, 0.2) is 0 Å². The van der Waals surface area contributed by atoms with Crippen molar-refractivity contribution in [3.05, 3.63) is 28.8 Å². The van der Waals surface area contributed by atoms with Gasteiger partial charge in [0.25, 0.3) is 0 Å². The van der Waals surface area contributed by atoms with Crippen molar-refractivity contribution in [1.82, 2.24) is 10.6 Å². The summed E-state index contributed by atoms with van der Waals surface area (Å²) in [6, 6.07) is 3.63. The lowest BCUT2D eigenvalue weighted by Gasteiger charge is -2.29. The largest absolute Gasteiger partial charge is 0.416 e. The highest BCUT2D eigenvalue weighted by molar-refractivity contribution is 6.30. The molecule has 3 atom stereocenters. The number of hydrogen-bond donors (Lipinski definition) is 3. The summed E-state index contributed by atoms with van der Waals surface area (Å²) in [5.41, 5.74) is -0.395. The van der Waals surface area contributed by atoms with E-state index < -0.39 is 11.7 Å². The summed E-state index contributed by atoms with van der Waals surface area (Å²) in [5, 5.41) is 9.78. The number of benzene rings is 1. The van der Waals surface area contributed by atoms with E-state index in [0.717, 1.165) is 57.3 Å². The number of carbonyl (C=O) groups is 1. The molecule has 1 fully saturated rings. The second-order valence-electron chi connectivity index (χ2n) is 6.77. The van der Waals surface area contributed by atoms with Crippen LogP contribution in [-0.2, 0) is 11.0 Å². The second kappa shape index (κ2) is 9.58. The number of hydrogen-bond acceptors (Lipinski definition) is 4. The van der Waals surface area contributed by atoms with Crippen LogP contribution >= 0.6 is 11.6 Å². The molecule has 2 unspecified atom stereocenters. The Balaban J connectivity index is 1.77. The molecule has 1 aromatic carbocycles. The Kier molecular flexibility index (Phi) is 7.73. The van der Waals surface area contributed by atoms with Gasteiger partial charge in [-0.2, -0.15) is 13.2 Å².